The third kappa shape index (κ3) is 2.85. The molecule has 2 rings (SSSR count). The van der Waals surface area contributed by atoms with E-state index in [2.05, 4.69) is 10.4 Å². The monoisotopic (exact) mass is 249 g/mol. The molecular formula is C12H12ClN3O. The summed E-state index contributed by atoms with van der Waals surface area (Å²) in [5.41, 5.74) is 1.45. The van der Waals surface area contributed by atoms with Gasteiger partial charge < -0.3 is 5.32 Å². The Bertz CT molecular complexity index is 495. The molecule has 0 unspecified atom stereocenters. The van der Waals surface area contributed by atoms with Crippen molar-refractivity contribution >= 4 is 17.5 Å². The van der Waals surface area contributed by atoms with Crippen LogP contribution in [0.2, 0.25) is 0 Å². The van der Waals surface area contributed by atoms with Crippen molar-refractivity contribution in [2.24, 2.45) is 0 Å². The summed E-state index contributed by atoms with van der Waals surface area (Å²) in [7, 11) is 0. The Morgan fingerprint density at radius 3 is 2.82 bits per heavy atom. The van der Waals surface area contributed by atoms with E-state index < -0.39 is 0 Å². The predicted octanol–water partition coefficient (Wildman–Crippen LogP) is 1.84. The normalized spacial score (nSPS) is 10.2. The van der Waals surface area contributed by atoms with E-state index in [0.29, 0.717) is 18.0 Å². The molecule has 0 aliphatic heterocycles. The van der Waals surface area contributed by atoms with E-state index in [1.165, 1.54) is 6.20 Å². The van der Waals surface area contributed by atoms with Crippen molar-refractivity contribution in [2.45, 2.75) is 0 Å². The Morgan fingerprint density at radius 1 is 1.35 bits per heavy atom. The lowest BCUT2D eigenvalue weighted by molar-refractivity contribution is 0.0956. The van der Waals surface area contributed by atoms with E-state index in [-0.39, 0.29) is 5.91 Å². The zero-order chi connectivity index (χ0) is 12.1. The fraction of sp³-hybridized carbons (Fsp3) is 0.167. The molecule has 4 nitrogen and oxygen atoms in total. The molecule has 0 aliphatic rings. The van der Waals surface area contributed by atoms with E-state index in [1.807, 2.05) is 30.3 Å². The molecule has 17 heavy (non-hydrogen) atoms. The van der Waals surface area contributed by atoms with Crippen LogP contribution in [0.25, 0.3) is 5.69 Å². The smallest absolute Gasteiger partial charge is 0.254 e. The van der Waals surface area contributed by atoms with Gasteiger partial charge in [-0.05, 0) is 12.1 Å². The maximum Gasteiger partial charge on any atom is 0.254 e. The van der Waals surface area contributed by atoms with Crippen molar-refractivity contribution in [3.63, 3.8) is 0 Å². The largest absolute Gasteiger partial charge is 0.351 e. The standard InChI is InChI=1S/C12H12ClN3O/c13-6-7-14-12(17)10-8-15-16(9-10)11-4-2-1-3-5-11/h1-5,8-9H,6-7H2,(H,14,17). The van der Waals surface area contributed by atoms with Crippen LogP contribution in [0.3, 0.4) is 0 Å². The first kappa shape index (κ1) is 11.7. The highest BCUT2D eigenvalue weighted by atomic mass is 35.5. The maximum absolute atomic E-state index is 11.6. The highest BCUT2D eigenvalue weighted by Crippen LogP contribution is 2.07. The quantitative estimate of drug-likeness (QED) is 0.841. The molecule has 0 radical (unpaired) electrons. The minimum atomic E-state index is -0.159. The van der Waals surface area contributed by atoms with Crippen LogP contribution >= 0.6 is 11.6 Å². The van der Waals surface area contributed by atoms with Gasteiger partial charge in [0.05, 0.1) is 17.4 Å². The molecule has 0 saturated carbocycles. The van der Waals surface area contributed by atoms with Gasteiger partial charge in [-0.15, -0.1) is 11.6 Å². The van der Waals surface area contributed by atoms with E-state index >= 15 is 0 Å². The zero-order valence-electron chi connectivity index (χ0n) is 9.14. The Morgan fingerprint density at radius 2 is 2.12 bits per heavy atom. The summed E-state index contributed by atoms with van der Waals surface area (Å²) in [5.74, 6) is 0.242. The second-order valence-corrected chi connectivity index (χ2v) is 3.83. The van der Waals surface area contributed by atoms with Crippen molar-refractivity contribution in [3.05, 3.63) is 48.3 Å². The van der Waals surface area contributed by atoms with Gasteiger partial charge >= 0.3 is 0 Å². The number of para-hydroxylation sites is 1. The Labute approximate surface area is 104 Å². The molecule has 0 aliphatic carbocycles. The van der Waals surface area contributed by atoms with Gasteiger partial charge in [0, 0.05) is 18.6 Å². The van der Waals surface area contributed by atoms with Crippen LogP contribution in [0.1, 0.15) is 10.4 Å². The molecule has 1 aromatic carbocycles. The number of nitrogens with one attached hydrogen (secondary N) is 1. The van der Waals surface area contributed by atoms with Gasteiger partial charge in [-0.25, -0.2) is 4.68 Å². The summed E-state index contributed by atoms with van der Waals surface area (Å²) >= 11 is 5.50. The fourth-order valence-corrected chi connectivity index (χ4v) is 1.52. The first-order valence-electron chi connectivity index (χ1n) is 5.25. The second-order valence-electron chi connectivity index (χ2n) is 3.45. The minimum absolute atomic E-state index is 0.159. The fourth-order valence-electron chi connectivity index (χ4n) is 1.42. The predicted molar refractivity (Wildman–Crippen MR) is 66.6 cm³/mol. The SMILES string of the molecule is O=C(NCCCl)c1cnn(-c2ccccc2)c1. The van der Waals surface area contributed by atoms with Crippen molar-refractivity contribution in [2.75, 3.05) is 12.4 Å². The number of carbonyl (C=O) groups excluding carboxylic acids is 1. The summed E-state index contributed by atoms with van der Waals surface area (Å²) < 4.78 is 1.66. The number of rotatable bonds is 4. The average Bonchev–Trinajstić information content (AvgIpc) is 2.86. The lowest BCUT2D eigenvalue weighted by Crippen LogP contribution is -2.24. The third-order valence-electron chi connectivity index (χ3n) is 2.25. The number of halogens is 1. The van der Waals surface area contributed by atoms with E-state index in [4.69, 9.17) is 11.6 Å². The van der Waals surface area contributed by atoms with Crippen LogP contribution < -0.4 is 5.32 Å². The molecule has 0 bridgehead atoms. The van der Waals surface area contributed by atoms with Gasteiger partial charge in [0.1, 0.15) is 0 Å². The van der Waals surface area contributed by atoms with Gasteiger partial charge in [0.2, 0.25) is 0 Å². The number of nitrogens with zero attached hydrogens (tertiary/aromatic N) is 2. The second kappa shape index (κ2) is 5.50. The number of carbonyl (C=O) groups is 1. The van der Waals surface area contributed by atoms with Gasteiger partial charge in [-0.2, -0.15) is 5.10 Å². The summed E-state index contributed by atoms with van der Waals surface area (Å²) in [5, 5.41) is 6.83. The van der Waals surface area contributed by atoms with Crippen molar-refractivity contribution in [1.29, 1.82) is 0 Å². The van der Waals surface area contributed by atoms with E-state index in [9.17, 15) is 4.79 Å². The molecule has 1 amide bonds. The Hall–Kier alpha value is -1.81. The summed E-state index contributed by atoms with van der Waals surface area (Å²) in [4.78, 5) is 11.6. The summed E-state index contributed by atoms with van der Waals surface area (Å²) in [6.07, 6.45) is 3.23. The molecule has 5 heteroatoms. The molecule has 1 heterocycles. The van der Waals surface area contributed by atoms with Crippen LogP contribution in [0, 0.1) is 0 Å². The maximum atomic E-state index is 11.6. The molecule has 1 N–H and O–H groups in total. The van der Waals surface area contributed by atoms with Gasteiger partial charge in [-0.3, -0.25) is 4.79 Å². The molecule has 0 atom stereocenters. The van der Waals surface area contributed by atoms with Crippen LogP contribution in [0.5, 0.6) is 0 Å². The van der Waals surface area contributed by atoms with Crippen LogP contribution in [0.15, 0.2) is 42.7 Å². The van der Waals surface area contributed by atoms with Gasteiger partial charge in [0.25, 0.3) is 5.91 Å². The number of benzene rings is 1. The number of hydrogen-bond acceptors (Lipinski definition) is 2. The lowest BCUT2D eigenvalue weighted by Gasteiger charge is -2.00. The van der Waals surface area contributed by atoms with Crippen molar-refractivity contribution in [3.8, 4) is 5.69 Å². The highest BCUT2D eigenvalue weighted by Gasteiger charge is 2.08. The van der Waals surface area contributed by atoms with Crippen molar-refractivity contribution < 1.29 is 4.79 Å². The van der Waals surface area contributed by atoms with Crippen LogP contribution in [0.4, 0.5) is 0 Å². The first-order valence-corrected chi connectivity index (χ1v) is 5.79. The Balaban J connectivity index is 2.14. The zero-order valence-corrected chi connectivity index (χ0v) is 9.89. The molecule has 0 spiro atoms. The van der Waals surface area contributed by atoms with Crippen LogP contribution in [-0.2, 0) is 0 Å². The molecule has 1 aromatic heterocycles. The molecule has 0 fully saturated rings. The molecular weight excluding hydrogens is 238 g/mol. The van der Waals surface area contributed by atoms with Gasteiger partial charge in [-0.1, -0.05) is 18.2 Å². The minimum Gasteiger partial charge on any atom is -0.351 e. The topological polar surface area (TPSA) is 46.9 Å². The number of alkyl halides is 1. The highest BCUT2D eigenvalue weighted by molar-refractivity contribution is 6.18. The number of amides is 1. The molecule has 0 saturated heterocycles. The molecule has 2 aromatic rings. The van der Waals surface area contributed by atoms with E-state index in [1.54, 1.807) is 10.9 Å². The number of hydrogen-bond donors (Lipinski definition) is 1. The van der Waals surface area contributed by atoms with Crippen LogP contribution in [-0.4, -0.2) is 28.1 Å². The van der Waals surface area contributed by atoms with Crippen molar-refractivity contribution in [1.82, 2.24) is 15.1 Å². The Kier molecular flexibility index (Phi) is 3.77. The lowest BCUT2D eigenvalue weighted by atomic mass is 10.3. The first-order chi connectivity index (χ1) is 8.31. The van der Waals surface area contributed by atoms with Gasteiger partial charge in [0.15, 0.2) is 0 Å². The summed E-state index contributed by atoms with van der Waals surface area (Å²) in [6, 6.07) is 9.62. The number of aromatic nitrogens is 2. The summed E-state index contributed by atoms with van der Waals surface area (Å²) in [6.45, 7) is 0.455. The average molecular weight is 250 g/mol. The molecule has 88 valence electrons. The van der Waals surface area contributed by atoms with E-state index in [0.717, 1.165) is 5.69 Å². The third-order valence-corrected chi connectivity index (χ3v) is 2.43.